The highest BCUT2D eigenvalue weighted by molar-refractivity contribution is 6.00. The Bertz CT molecular complexity index is 767. The number of ether oxygens (including phenoxy) is 3. The number of methoxy groups -OCH3 is 3. The Balaban J connectivity index is 2.12. The SMILES string of the molecule is COc1cc(OC)cc(C(=O)NNC(=O)c2cc(C)ccc2OC)c1. The third-order valence-corrected chi connectivity index (χ3v) is 3.50. The van der Waals surface area contributed by atoms with E-state index in [1.807, 2.05) is 13.0 Å². The van der Waals surface area contributed by atoms with E-state index in [1.54, 1.807) is 18.2 Å². The average Bonchev–Trinajstić information content (AvgIpc) is 2.65. The molecule has 0 heterocycles. The molecule has 0 spiro atoms. The molecular formula is C18H20N2O5. The molecule has 0 saturated carbocycles. The maximum Gasteiger partial charge on any atom is 0.273 e. The smallest absolute Gasteiger partial charge is 0.273 e. The number of hydrogen-bond donors (Lipinski definition) is 2. The minimum Gasteiger partial charge on any atom is -0.497 e. The van der Waals surface area contributed by atoms with Crippen LogP contribution in [-0.2, 0) is 0 Å². The Morgan fingerprint density at radius 2 is 1.40 bits per heavy atom. The summed E-state index contributed by atoms with van der Waals surface area (Å²) >= 11 is 0. The predicted octanol–water partition coefficient (Wildman–Crippen LogP) is 2.10. The molecule has 25 heavy (non-hydrogen) atoms. The molecule has 0 fully saturated rings. The third kappa shape index (κ3) is 4.41. The Labute approximate surface area is 145 Å². The maximum atomic E-state index is 12.3. The van der Waals surface area contributed by atoms with Crippen molar-refractivity contribution in [2.24, 2.45) is 0 Å². The van der Waals surface area contributed by atoms with Gasteiger partial charge >= 0.3 is 0 Å². The van der Waals surface area contributed by atoms with Gasteiger partial charge in [0.2, 0.25) is 0 Å². The molecule has 132 valence electrons. The minimum atomic E-state index is -0.503. The summed E-state index contributed by atoms with van der Waals surface area (Å²) in [5.74, 6) is 0.369. The molecular weight excluding hydrogens is 324 g/mol. The summed E-state index contributed by atoms with van der Waals surface area (Å²) in [7, 11) is 4.45. The fourth-order valence-corrected chi connectivity index (χ4v) is 2.19. The van der Waals surface area contributed by atoms with Crippen molar-refractivity contribution in [2.45, 2.75) is 6.92 Å². The molecule has 0 bridgehead atoms. The van der Waals surface area contributed by atoms with Crippen molar-refractivity contribution in [3.8, 4) is 17.2 Å². The first-order valence-corrected chi connectivity index (χ1v) is 7.47. The van der Waals surface area contributed by atoms with Crippen molar-refractivity contribution in [1.82, 2.24) is 10.9 Å². The molecule has 2 aromatic rings. The van der Waals surface area contributed by atoms with Crippen LogP contribution in [0.5, 0.6) is 17.2 Å². The van der Waals surface area contributed by atoms with Crippen LogP contribution in [0, 0.1) is 6.92 Å². The molecule has 0 aliphatic carbocycles. The molecule has 2 rings (SSSR count). The van der Waals surface area contributed by atoms with Crippen molar-refractivity contribution in [3.63, 3.8) is 0 Å². The van der Waals surface area contributed by atoms with Crippen LogP contribution < -0.4 is 25.1 Å². The molecule has 0 radical (unpaired) electrons. The van der Waals surface area contributed by atoms with Gasteiger partial charge in [0.1, 0.15) is 17.2 Å². The highest BCUT2D eigenvalue weighted by atomic mass is 16.5. The topological polar surface area (TPSA) is 85.9 Å². The van der Waals surface area contributed by atoms with Crippen molar-refractivity contribution in [1.29, 1.82) is 0 Å². The zero-order valence-electron chi connectivity index (χ0n) is 14.5. The lowest BCUT2D eigenvalue weighted by atomic mass is 10.1. The largest absolute Gasteiger partial charge is 0.497 e. The molecule has 2 N–H and O–H groups in total. The molecule has 2 amide bonds. The van der Waals surface area contributed by atoms with Gasteiger partial charge in [-0.3, -0.25) is 20.4 Å². The molecule has 7 heteroatoms. The lowest BCUT2D eigenvalue weighted by molar-refractivity contribution is 0.0844. The number of benzene rings is 2. The van der Waals surface area contributed by atoms with Gasteiger partial charge < -0.3 is 14.2 Å². The highest BCUT2D eigenvalue weighted by Gasteiger charge is 2.15. The van der Waals surface area contributed by atoms with Gasteiger partial charge in [-0.1, -0.05) is 11.6 Å². The number of aryl methyl sites for hydroxylation is 1. The van der Waals surface area contributed by atoms with Gasteiger partial charge in [-0.2, -0.15) is 0 Å². The molecule has 0 aliphatic heterocycles. The summed E-state index contributed by atoms with van der Waals surface area (Å²) in [4.78, 5) is 24.6. The van der Waals surface area contributed by atoms with E-state index in [9.17, 15) is 9.59 Å². The molecule has 2 aromatic carbocycles. The molecule has 0 aromatic heterocycles. The van der Waals surface area contributed by atoms with E-state index in [4.69, 9.17) is 14.2 Å². The summed E-state index contributed by atoms with van der Waals surface area (Å²) in [5, 5.41) is 0. The monoisotopic (exact) mass is 344 g/mol. The van der Waals surface area contributed by atoms with Gasteiger partial charge in [0, 0.05) is 11.6 Å². The number of carbonyl (C=O) groups excluding carboxylic acids is 2. The number of amides is 2. The molecule has 7 nitrogen and oxygen atoms in total. The predicted molar refractivity (Wildman–Crippen MR) is 92.2 cm³/mol. The second-order valence-electron chi connectivity index (χ2n) is 5.21. The lowest BCUT2D eigenvalue weighted by Gasteiger charge is -2.12. The van der Waals surface area contributed by atoms with Crippen LogP contribution in [0.2, 0.25) is 0 Å². The van der Waals surface area contributed by atoms with E-state index in [2.05, 4.69) is 10.9 Å². The van der Waals surface area contributed by atoms with Crippen LogP contribution in [0.25, 0.3) is 0 Å². The van der Waals surface area contributed by atoms with Gasteiger partial charge in [-0.05, 0) is 31.2 Å². The quantitative estimate of drug-likeness (QED) is 0.811. The van der Waals surface area contributed by atoms with E-state index >= 15 is 0 Å². The number of hydrazine groups is 1. The highest BCUT2D eigenvalue weighted by Crippen LogP contribution is 2.22. The van der Waals surface area contributed by atoms with E-state index in [-0.39, 0.29) is 5.56 Å². The van der Waals surface area contributed by atoms with Gasteiger partial charge in [-0.15, -0.1) is 0 Å². The van der Waals surface area contributed by atoms with E-state index in [0.29, 0.717) is 22.8 Å². The fourth-order valence-electron chi connectivity index (χ4n) is 2.19. The first kappa shape index (κ1) is 18.1. The Morgan fingerprint density at radius 3 is 1.96 bits per heavy atom. The number of nitrogens with one attached hydrogen (secondary N) is 2. The molecule has 0 aliphatic rings. The fraction of sp³-hybridized carbons (Fsp3) is 0.222. The maximum absolute atomic E-state index is 12.3. The minimum absolute atomic E-state index is 0.285. The second kappa shape index (κ2) is 8.05. The van der Waals surface area contributed by atoms with Crippen LogP contribution in [0.4, 0.5) is 0 Å². The second-order valence-corrected chi connectivity index (χ2v) is 5.21. The number of carbonyl (C=O) groups is 2. The van der Waals surface area contributed by atoms with Crippen LogP contribution in [-0.4, -0.2) is 33.1 Å². The van der Waals surface area contributed by atoms with E-state index in [1.165, 1.54) is 33.5 Å². The van der Waals surface area contributed by atoms with Gasteiger partial charge in [0.15, 0.2) is 0 Å². The summed E-state index contributed by atoms with van der Waals surface area (Å²) in [6.07, 6.45) is 0. The van der Waals surface area contributed by atoms with E-state index in [0.717, 1.165) is 5.56 Å². The van der Waals surface area contributed by atoms with Gasteiger partial charge in [0.25, 0.3) is 11.8 Å². The van der Waals surface area contributed by atoms with Crippen molar-refractivity contribution in [3.05, 3.63) is 53.1 Å². The van der Waals surface area contributed by atoms with Gasteiger partial charge in [-0.25, -0.2) is 0 Å². The summed E-state index contributed by atoms with van der Waals surface area (Å²) in [6, 6.07) is 9.92. The first-order valence-electron chi connectivity index (χ1n) is 7.47. The Morgan fingerprint density at radius 1 is 0.800 bits per heavy atom. The van der Waals surface area contributed by atoms with Crippen LogP contribution >= 0.6 is 0 Å². The third-order valence-electron chi connectivity index (χ3n) is 3.50. The van der Waals surface area contributed by atoms with Gasteiger partial charge in [0.05, 0.1) is 26.9 Å². The molecule has 0 atom stereocenters. The summed E-state index contributed by atoms with van der Waals surface area (Å²) in [6.45, 7) is 1.86. The molecule has 0 unspecified atom stereocenters. The van der Waals surface area contributed by atoms with Crippen LogP contribution in [0.15, 0.2) is 36.4 Å². The zero-order chi connectivity index (χ0) is 18.4. The van der Waals surface area contributed by atoms with Crippen molar-refractivity contribution in [2.75, 3.05) is 21.3 Å². The normalized spacial score (nSPS) is 9.92. The average molecular weight is 344 g/mol. The first-order chi connectivity index (χ1) is 12.0. The lowest BCUT2D eigenvalue weighted by Crippen LogP contribution is -2.41. The standard InChI is InChI=1S/C18H20N2O5/c1-11-5-6-16(25-4)15(7-11)18(22)20-19-17(21)12-8-13(23-2)10-14(9-12)24-3/h5-10H,1-4H3,(H,19,21)(H,20,22). The van der Waals surface area contributed by atoms with Crippen molar-refractivity contribution < 1.29 is 23.8 Å². The Kier molecular flexibility index (Phi) is 5.84. The number of rotatable bonds is 5. The summed E-state index contributed by atoms with van der Waals surface area (Å²) < 4.78 is 15.4. The van der Waals surface area contributed by atoms with Crippen LogP contribution in [0.1, 0.15) is 26.3 Å². The zero-order valence-corrected chi connectivity index (χ0v) is 14.5. The van der Waals surface area contributed by atoms with E-state index < -0.39 is 11.8 Å². The molecule has 0 saturated heterocycles. The number of hydrogen-bond acceptors (Lipinski definition) is 5. The Hall–Kier alpha value is -3.22. The summed E-state index contributed by atoms with van der Waals surface area (Å²) in [5.41, 5.74) is 6.25. The van der Waals surface area contributed by atoms with Crippen LogP contribution in [0.3, 0.4) is 0 Å². The van der Waals surface area contributed by atoms with Crippen molar-refractivity contribution >= 4 is 11.8 Å².